The molecule has 0 N–H and O–H groups in total. The second-order valence-electron chi connectivity index (χ2n) is 7.75. The molecular formula is C28H22N2O3S. The molecule has 2 heterocycles. The van der Waals surface area contributed by atoms with E-state index < -0.39 is 12.0 Å². The fourth-order valence-electron chi connectivity index (χ4n) is 4.09. The van der Waals surface area contributed by atoms with Gasteiger partial charge in [-0.1, -0.05) is 102 Å². The molecule has 0 fully saturated rings. The second kappa shape index (κ2) is 9.45. The Bertz CT molecular complexity index is 1540. The van der Waals surface area contributed by atoms with E-state index in [2.05, 4.69) is 0 Å². The standard InChI is InChI=1S/C28H22N2O3S/c1-2-33-27(32)23-24(20-14-8-4-9-15-20)29-28-30(25(23)21-16-10-5-11-17-21)26(31)22(34-28)18-19-12-6-3-7-13-19/h3-18,25H,2H2,1H3/b22-18-/t25-/m0/s1. The van der Waals surface area contributed by atoms with Gasteiger partial charge in [0.15, 0.2) is 4.80 Å². The van der Waals surface area contributed by atoms with Crippen molar-refractivity contribution in [3.8, 4) is 0 Å². The van der Waals surface area contributed by atoms with Crippen LogP contribution in [0.5, 0.6) is 0 Å². The van der Waals surface area contributed by atoms with Crippen LogP contribution in [0.4, 0.5) is 0 Å². The molecule has 1 aromatic heterocycles. The van der Waals surface area contributed by atoms with Gasteiger partial charge in [0.25, 0.3) is 5.56 Å². The number of rotatable bonds is 5. The number of hydrogen-bond acceptors (Lipinski definition) is 5. The number of ether oxygens (including phenoxy) is 1. The maximum Gasteiger partial charge on any atom is 0.338 e. The monoisotopic (exact) mass is 466 g/mol. The highest BCUT2D eigenvalue weighted by atomic mass is 32.1. The molecular weight excluding hydrogens is 444 g/mol. The molecule has 168 valence electrons. The van der Waals surface area contributed by atoms with Crippen molar-refractivity contribution >= 4 is 29.1 Å². The highest BCUT2D eigenvalue weighted by molar-refractivity contribution is 7.07. The first-order chi connectivity index (χ1) is 16.7. The number of carbonyl (C=O) groups excluding carboxylic acids is 1. The van der Waals surface area contributed by atoms with E-state index in [1.807, 2.05) is 97.1 Å². The van der Waals surface area contributed by atoms with Crippen molar-refractivity contribution in [3.05, 3.63) is 133 Å². The lowest BCUT2D eigenvalue weighted by atomic mass is 9.93. The van der Waals surface area contributed by atoms with E-state index >= 15 is 0 Å². The van der Waals surface area contributed by atoms with Crippen LogP contribution >= 0.6 is 11.3 Å². The van der Waals surface area contributed by atoms with Crippen molar-refractivity contribution in [3.63, 3.8) is 0 Å². The van der Waals surface area contributed by atoms with Crippen LogP contribution in [0.3, 0.4) is 0 Å². The third kappa shape index (κ3) is 4.04. The van der Waals surface area contributed by atoms with Crippen LogP contribution < -0.4 is 14.9 Å². The number of aromatic nitrogens is 1. The van der Waals surface area contributed by atoms with Gasteiger partial charge in [-0.25, -0.2) is 9.79 Å². The Balaban J connectivity index is 1.84. The quantitative estimate of drug-likeness (QED) is 0.419. The van der Waals surface area contributed by atoms with Crippen molar-refractivity contribution in [2.75, 3.05) is 6.61 Å². The van der Waals surface area contributed by atoms with E-state index in [-0.39, 0.29) is 12.2 Å². The molecule has 0 saturated heterocycles. The van der Waals surface area contributed by atoms with Gasteiger partial charge in [-0.3, -0.25) is 9.36 Å². The lowest BCUT2D eigenvalue weighted by Crippen LogP contribution is -2.39. The molecule has 5 nitrogen and oxygen atoms in total. The highest BCUT2D eigenvalue weighted by Gasteiger charge is 2.34. The summed E-state index contributed by atoms with van der Waals surface area (Å²) in [5.41, 5.74) is 3.25. The lowest BCUT2D eigenvalue weighted by Gasteiger charge is -2.25. The number of nitrogens with zero attached hydrogens (tertiary/aromatic N) is 2. The zero-order chi connectivity index (χ0) is 23.5. The Morgan fingerprint density at radius 3 is 2.24 bits per heavy atom. The van der Waals surface area contributed by atoms with Gasteiger partial charge in [0, 0.05) is 5.56 Å². The summed E-state index contributed by atoms with van der Waals surface area (Å²) in [4.78, 5) is 32.4. The Hall–Kier alpha value is -4.03. The van der Waals surface area contributed by atoms with Crippen molar-refractivity contribution < 1.29 is 9.53 Å². The number of hydrogen-bond donors (Lipinski definition) is 0. The number of thiazole rings is 1. The summed E-state index contributed by atoms with van der Waals surface area (Å²) in [5.74, 6) is -0.476. The minimum Gasteiger partial charge on any atom is -0.463 e. The minimum atomic E-state index is -0.648. The van der Waals surface area contributed by atoms with Crippen LogP contribution in [-0.2, 0) is 9.53 Å². The second-order valence-corrected chi connectivity index (χ2v) is 8.76. The van der Waals surface area contributed by atoms with Crippen LogP contribution in [0, 0.1) is 0 Å². The van der Waals surface area contributed by atoms with E-state index in [0.29, 0.717) is 20.6 Å². The Morgan fingerprint density at radius 2 is 1.59 bits per heavy atom. The van der Waals surface area contributed by atoms with Gasteiger partial charge in [-0.15, -0.1) is 0 Å². The third-order valence-electron chi connectivity index (χ3n) is 5.59. The molecule has 0 radical (unpaired) electrons. The Labute approximate surface area is 200 Å². The first kappa shape index (κ1) is 21.8. The van der Waals surface area contributed by atoms with Crippen molar-refractivity contribution in [1.82, 2.24) is 4.57 Å². The van der Waals surface area contributed by atoms with E-state index in [4.69, 9.17) is 9.73 Å². The topological polar surface area (TPSA) is 60.7 Å². The first-order valence-corrected chi connectivity index (χ1v) is 11.9. The number of carbonyl (C=O) groups is 1. The summed E-state index contributed by atoms with van der Waals surface area (Å²) in [6.07, 6.45) is 1.86. The maximum atomic E-state index is 13.7. The molecule has 0 unspecified atom stereocenters. The van der Waals surface area contributed by atoms with E-state index in [1.165, 1.54) is 11.3 Å². The van der Waals surface area contributed by atoms with Crippen molar-refractivity contribution in [2.24, 2.45) is 4.99 Å². The van der Waals surface area contributed by atoms with Gasteiger partial charge in [0.2, 0.25) is 0 Å². The van der Waals surface area contributed by atoms with Gasteiger partial charge < -0.3 is 4.74 Å². The molecule has 0 amide bonds. The largest absolute Gasteiger partial charge is 0.463 e. The van der Waals surface area contributed by atoms with E-state index in [1.54, 1.807) is 11.5 Å². The van der Waals surface area contributed by atoms with E-state index in [9.17, 15) is 9.59 Å². The smallest absolute Gasteiger partial charge is 0.338 e. The summed E-state index contributed by atoms with van der Waals surface area (Å²) in [7, 11) is 0. The molecule has 0 spiro atoms. The van der Waals surface area contributed by atoms with Crippen LogP contribution in [0.15, 0.2) is 106 Å². The molecule has 0 saturated carbocycles. The van der Waals surface area contributed by atoms with Crippen molar-refractivity contribution in [1.29, 1.82) is 0 Å². The normalized spacial score (nSPS) is 15.6. The minimum absolute atomic E-state index is 0.185. The van der Waals surface area contributed by atoms with Gasteiger partial charge in [-0.05, 0) is 24.1 Å². The van der Waals surface area contributed by atoms with Gasteiger partial charge >= 0.3 is 5.97 Å². The summed E-state index contributed by atoms with van der Waals surface area (Å²) in [5, 5.41) is 0. The maximum absolute atomic E-state index is 13.7. The first-order valence-electron chi connectivity index (χ1n) is 11.1. The average molecular weight is 467 g/mol. The fourth-order valence-corrected chi connectivity index (χ4v) is 5.09. The predicted molar refractivity (Wildman–Crippen MR) is 134 cm³/mol. The highest BCUT2D eigenvalue weighted by Crippen LogP contribution is 2.34. The summed E-state index contributed by atoms with van der Waals surface area (Å²) in [6, 6.07) is 28.2. The molecule has 0 aliphatic carbocycles. The summed E-state index contributed by atoms with van der Waals surface area (Å²) >= 11 is 1.32. The Morgan fingerprint density at radius 1 is 0.971 bits per heavy atom. The number of esters is 1. The predicted octanol–water partition coefficient (Wildman–Crippen LogP) is 3.94. The summed E-state index contributed by atoms with van der Waals surface area (Å²) in [6.45, 7) is 2.00. The molecule has 0 bridgehead atoms. The van der Waals surface area contributed by atoms with Crippen LogP contribution in [0.2, 0.25) is 0 Å². The molecule has 4 aromatic rings. The van der Waals surface area contributed by atoms with E-state index in [0.717, 1.165) is 16.7 Å². The van der Waals surface area contributed by atoms with Gasteiger partial charge in [-0.2, -0.15) is 0 Å². The third-order valence-corrected chi connectivity index (χ3v) is 6.57. The average Bonchev–Trinajstić information content (AvgIpc) is 3.19. The zero-order valence-corrected chi connectivity index (χ0v) is 19.4. The van der Waals surface area contributed by atoms with Gasteiger partial charge in [0.1, 0.15) is 0 Å². The molecule has 1 aliphatic rings. The van der Waals surface area contributed by atoms with Crippen LogP contribution in [0.1, 0.15) is 29.7 Å². The molecule has 1 atom stereocenters. The molecule has 3 aromatic carbocycles. The van der Waals surface area contributed by atoms with Crippen molar-refractivity contribution in [2.45, 2.75) is 13.0 Å². The Kier molecular flexibility index (Phi) is 6.06. The molecule has 34 heavy (non-hydrogen) atoms. The summed E-state index contributed by atoms with van der Waals surface area (Å²) < 4.78 is 7.64. The van der Waals surface area contributed by atoms with Crippen LogP contribution in [-0.4, -0.2) is 17.1 Å². The molecule has 1 aliphatic heterocycles. The number of benzene rings is 3. The zero-order valence-electron chi connectivity index (χ0n) is 18.5. The number of fused-ring (bicyclic) bond motifs is 1. The SMILES string of the molecule is CCOC(=O)C1=C(c2ccccc2)N=c2s/c(=C\c3ccccc3)c(=O)n2[C@H]1c1ccccc1. The lowest BCUT2D eigenvalue weighted by molar-refractivity contribution is -0.138. The molecule has 6 heteroatoms. The van der Waals surface area contributed by atoms with Crippen LogP contribution in [0.25, 0.3) is 11.8 Å². The van der Waals surface area contributed by atoms with Gasteiger partial charge in [0.05, 0.1) is 28.5 Å². The fraction of sp³-hybridized carbons (Fsp3) is 0.107. The molecule has 5 rings (SSSR count).